The van der Waals surface area contributed by atoms with Gasteiger partial charge in [-0.1, -0.05) is 47.7 Å². The molecule has 28 heavy (non-hydrogen) atoms. The van der Waals surface area contributed by atoms with Crippen LogP contribution in [0, 0.1) is 0 Å². The van der Waals surface area contributed by atoms with Crippen molar-refractivity contribution >= 4 is 45.2 Å². The third-order valence-corrected chi connectivity index (χ3v) is 6.00. The van der Waals surface area contributed by atoms with Crippen molar-refractivity contribution in [2.45, 2.75) is 12.3 Å². The number of ether oxygens (including phenoxy) is 1. The van der Waals surface area contributed by atoms with E-state index >= 15 is 0 Å². The summed E-state index contributed by atoms with van der Waals surface area (Å²) in [6, 6.07) is 15.3. The summed E-state index contributed by atoms with van der Waals surface area (Å²) >= 11 is 2.91. The minimum atomic E-state index is -0.391. The first-order valence-electron chi connectivity index (χ1n) is 8.64. The van der Waals surface area contributed by atoms with Gasteiger partial charge in [-0.15, -0.1) is 18.3 Å². The predicted molar refractivity (Wildman–Crippen MR) is 115 cm³/mol. The summed E-state index contributed by atoms with van der Waals surface area (Å²) in [5, 5.41) is 0. The lowest BCUT2D eigenvalue weighted by atomic mass is 10.2. The number of rotatable bonds is 7. The summed E-state index contributed by atoms with van der Waals surface area (Å²) in [5.74, 6) is 0.504. The molecular weight excluding hydrogens is 392 g/mol. The first-order valence-corrected chi connectivity index (χ1v) is 10.6. The molecular formula is C21H20N2O3S2. The van der Waals surface area contributed by atoms with Gasteiger partial charge in [0, 0.05) is 12.3 Å². The van der Waals surface area contributed by atoms with Gasteiger partial charge in [0.05, 0.1) is 28.6 Å². The molecule has 3 rings (SSSR count). The fraction of sp³-hybridized carbons (Fsp3) is 0.190. The number of fused-ring (bicyclic) bond motifs is 1. The number of allylic oxidation sites excluding steroid dienone is 1. The van der Waals surface area contributed by atoms with Gasteiger partial charge >= 0.3 is 5.97 Å². The number of esters is 1. The predicted octanol–water partition coefficient (Wildman–Crippen LogP) is 4.04. The van der Waals surface area contributed by atoms with Gasteiger partial charge in [-0.2, -0.15) is 4.99 Å². The number of amides is 1. The van der Waals surface area contributed by atoms with Crippen LogP contribution in [0.3, 0.4) is 0 Å². The van der Waals surface area contributed by atoms with Crippen LogP contribution < -0.4 is 4.80 Å². The smallest absolute Gasteiger partial charge is 0.337 e. The van der Waals surface area contributed by atoms with Crippen LogP contribution in [0.1, 0.15) is 15.9 Å². The Kier molecular flexibility index (Phi) is 6.84. The second-order valence-electron chi connectivity index (χ2n) is 5.94. The molecule has 0 N–H and O–H groups in total. The van der Waals surface area contributed by atoms with Crippen LogP contribution in [0.5, 0.6) is 0 Å². The summed E-state index contributed by atoms with van der Waals surface area (Å²) in [4.78, 5) is 29.0. The molecule has 2 aromatic carbocycles. The van der Waals surface area contributed by atoms with Gasteiger partial charge in [-0.25, -0.2) is 4.79 Å². The maximum absolute atomic E-state index is 12.4. The molecule has 144 valence electrons. The van der Waals surface area contributed by atoms with Gasteiger partial charge in [0.25, 0.3) is 5.91 Å². The lowest BCUT2D eigenvalue weighted by Gasteiger charge is -2.02. The molecule has 0 aliphatic carbocycles. The zero-order valence-corrected chi connectivity index (χ0v) is 17.1. The summed E-state index contributed by atoms with van der Waals surface area (Å²) in [5.41, 5.74) is 2.55. The van der Waals surface area contributed by atoms with Crippen LogP contribution >= 0.6 is 23.1 Å². The molecule has 3 aromatic rings. The van der Waals surface area contributed by atoms with E-state index in [1.807, 2.05) is 41.0 Å². The van der Waals surface area contributed by atoms with E-state index in [1.165, 1.54) is 35.8 Å². The van der Waals surface area contributed by atoms with E-state index in [1.54, 1.807) is 18.2 Å². The number of methoxy groups -OCH3 is 1. The first kappa shape index (κ1) is 20.1. The molecule has 1 aromatic heterocycles. The van der Waals surface area contributed by atoms with Gasteiger partial charge in [-0.05, 0) is 23.8 Å². The van der Waals surface area contributed by atoms with Crippen LogP contribution in [0.4, 0.5) is 0 Å². The highest BCUT2D eigenvalue weighted by Crippen LogP contribution is 2.20. The number of aromatic nitrogens is 1. The minimum Gasteiger partial charge on any atom is -0.465 e. The van der Waals surface area contributed by atoms with Crippen LogP contribution in [0.15, 0.2) is 66.2 Å². The van der Waals surface area contributed by atoms with E-state index in [0.717, 1.165) is 16.0 Å². The highest BCUT2D eigenvalue weighted by Gasteiger charge is 2.11. The van der Waals surface area contributed by atoms with E-state index in [2.05, 4.69) is 11.6 Å². The van der Waals surface area contributed by atoms with Crippen molar-refractivity contribution in [2.75, 3.05) is 12.9 Å². The number of thiazole rings is 1. The van der Waals surface area contributed by atoms with Gasteiger partial charge in [0.1, 0.15) is 0 Å². The molecule has 0 atom stereocenters. The maximum Gasteiger partial charge on any atom is 0.337 e. The van der Waals surface area contributed by atoms with Crippen molar-refractivity contribution in [3.63, 3.8) is 0 Å². The Balaban J connectivity index is 1.83. The minimum absolute atomic E-state index is 0.182. The number of hydrogen-bond acceptors (Lipinski definition) is 5. The SMILES string of the molecule is C=CCn1c(=NC(=O)CSCc2ccccc2)sc2cc(C(=O)OC)ccc21. The molecule has 0 unspecified atom stereocenters. The van der Waals surface area contributed by atoms with E-state index in [9.17, 15) is 9.59 Å². The molecule has 0 aliphatic heterocycles. The molecule has 0 radical (unpaired) electrons. The third kappa shape index (κ3) is 4.79. The molecule has 1 heterocycles. The van der Waals surface area contributed by atoms with E-state index in [0.29, 0.717) is 22.7 Å². The first-order chi connectivity index (χ1) is 13.6. The molecule has 0 spiro atoms. The number of carbonyl (C=O) groups excluding carboxylic acids is 2. The van der Waals surface area contributed by atoms with Crippen LogP contribution in [-0.2, 0) is 21.8 Å². The number of benzene rings is 2. The Hall–Kier alpha value is -2.64. The molecule has 0 bridgehead atoms. The molecule has 0 saturated carbocycles. The zero-order valence-electron chi connectivity index (χ0n) is 15.5. The quantitative estimate of drug-likeness (QED) is 0.434. The molecule has 5 nitrogen and oxygen atoms in total. The Labute approximate surface area is 171 Å². The third-order valence-electron chi connectivity index (χ3n) is 3.97. The molecule has 0 aliphatic rings. The fourth-order valence-corrected chi connectivity index (χ4v) is 4.54. The molecule has 1 amide bonds. The summed E-state index contributed by atoms with van der Waals surface area (Å²) in [6.07, 6.45) is 1.76. The fourth-order valence-electron chi connectivity index (χ4n) is 2.68. The van der Waals surface area contributed by atoms with Crippen molar-refractivity contribution in [1.82, 2.24) is 4.57 Å². The number of nitrogens with zero attached hydrogens (tertiary/aromatic N) is 2. The summed E-state index contributed by atoms with van der Waals surface area (Å²) in [7, 11) is 1.35. The maximum atomic E-state index is 12.4. The second-order valence-corrected chi connectivity index (χ2v) is 7.94. The normalized spacial score (nSPS) is 11.5. The average molecular weight is 413 g/mol. The van der Waals surface area contributed by atoms with E-state index in [-0.39, 0.29) is 5.91 Å². The average Bonchev–Trinajstić information content (AvgIpc) is 3.04. The number of carbonyl (C=O) groups is 2. The standard InChI is InChI=1S/C21H20N2O3S2/c1-3-11-23-17-10-9-16(20(25)26-2)12-18(17)28-21(23)22-19(24)14-27-13-15-7-5-4-6-8-15/h3-10,12H,1,11,13-14H2,2H3. The topological polar surface area (TPSA) is 60.7 Å². The molecule has 0 fully saturated rings. The Morgan fingerprint density at radius 2 is 2.04 bits per heavy atom. The largest absolute Gasteiger partial charge is 0.465 e. The highest BCUT2D eigenvalue weighted by molar-refractivity contribution is 7.99. The zero-order chi connectivity index (χ0) is 19.9. The van der Waals surface area contributed by atoms with Crippen molar-refractivity contribution in [3.8, 4) is 0 Å². The van der Waals surface area contributed by atoms with Crippen molar-refractivity contribution in [2.24, 2.45) is 4.99 Å². The van der Waals surface area contributed by atoms with E-state index < -0.39 is 5.97 Å². The lowest BCUT2D eigenvalue weighted by Crippen LogP contribution is -2.16. The number of thioether (sulfide) groups is 1. The van der Waals surface area contributed by atoms with Crippen LogP contribution in [0.2, 0.25) is 0 Å². The second kappa shape index (κ2) is 9.52. The van der Waals surface area contributed by atoms with E-state index in [4.69, 9.17) is 4.74 Å². The van der Waals surface area contributed by atoms with Crippen molar-refractivity contribution < 1.29 is 14.3 Å². The summed E-state index contributed by atoms with van der Waals surface area (Å²) < 4.78 is 7.57. The molecule has 7 heteroatoms. The Morgan fingerprint density at radius 3 is 2.75 bits per heavy atom. The monoisotopic (exact) mass is 412 g/mol. The van der Waals surface area contributed by atoms with Gasteiger partial charge in [-0.3, -0.25) is 4.79 Å². The lowest BCUT2D eigenvalue weighted by molar-refractivity contribution is -0.115. The van der Waals surface area contributed by atoms with Crippen molar-refractivity contribution in [3.05, 3.63) is 77.1 Å². The Morgan fingerprint density at radius 1 is 1.25 bits per heavy atom. The highest BCUT2D eigenvalue weighted by atomic mass is 32.2. The summed E-state index contributed by atoms with van der Waals surface area (Å²) in [6.45, 7) is 4.31. The van der Waals surface area contributed by atoms with Crippen LogP contribution in [-0.4, -0.2) is 29.3 Å². The van der Waals surface area contributed by atoms with Gasteiger partial charge < -0.3 is 9.30 Å². The number of hydrogen-bond donors (Lipinski definition) is 0. The van der Waals surface area contributed by atoms with Gasteiger partial charge in [0.15, 0.2) is 4.80 Å². The van der Waals surface area contributed by atoms with Crippen LogP contribution in [0.25, 0.3) is 10.2 Å². The molecule has 0 saturated heterocycles. The van der Waals surface area contributed by atoms with Crippen molar-refractivity contribution in [1.29, 1.82) is 0 Å². The van der Waals surface area contributed by atoms with Gasteiger partial charge in [0.2, 0.25) is 0 Å². The Bertz CT molecular complexity index is 1070.